The Morgan fingerprint density at radius 1 is 1.55 bits per heavy atom. The molecule has 0 spiro atoms. The summed E-state index contributed by atoms with van der Waals surface area (Å²) in [5.74, 6) is 0.375. The van der Waals surface area contributed by atoms with Crippen LogP contribution in [0.25, 0.3) is 0 Å². The van der Waals surface area contributed by atoms with E-state index in [1.54, 1.807) is 12.1 Å². The van der Waals surface area contributed by atoms with E-state index >= 15 is 0 Å². The fourth-order valence-corrected chi connectivity index (χ4v) is 2.71. The number of alkyl halides is 1. The summed E-state index contributed by atoms with van der Waals surface area (Å²) in [4.78, 5) is 0.882. The van der Waals surface area contributed by atoms with Gasteiger partial charge in [-0.25, -0.2) is 8.42 Å². The molecular formula is C6H7ClO2S2. The largest absolute Gasteiger partial charge is 0.223 e. The first-order valence-corrected chi connectivity index (χ1v) is 6.13. The van der Waals surface area contributed by atoms with E-state index in [1.165, 1.54) is 17.6 Å². The van der Waals surface area contributed by atoms with Gasteiger partial charge in [0.05, 0.1) is 5.88 Å². The summed E-state index contributed by atoms with van der Waals surface area (Å²) in [6.07, 6.45) is 1.19. The molecule has 1 aromatic heterocycles. The van der Waals surface area contributed by atoms with E-state index in [-0.39, 0.29) is 0 Å². The maximum atomic E-state index is 10.9. The third-order valence-electron chi connectivity index (χ3n) is 1.13. The van der Waals surface area contributed by atoms with Crippen LogP contribution in [0.2, 0.25) is 0 Å². The lowest BCUT2D eigenvalue weighted by molar-refractivity contribution is 0.604. The Morgan fingerprint density at radius 2 is 2.18 bits per heavy atom. The van der Waals surface area contributed by atoms with Gasteiger partial charge in [0, 0.05) is 11.1 Å². The molecule has 0 bridgehead atoms. The average molecular weight is 211 g/mol. The maximum Gasteiger partial charge on any atom is 0.184 e. The van der Waals surface area contributed by atoms with Gasteiger partial charge in [-0.1, -0.05) is 0 Å². The molecule has 0 saturated carbocycles. The van der Waals surface area contributed by atoms with Crippen molar-refractivity contribution in [1.29, 1.82) is 0 Å². The molecule has 0 aromatic carbocycles. The van der Waals surface area contributed by atoms with E-state index in [2.05, 4.69) is 0 Å². The number of sulfone groups is 1. The Kier molecular flexibility index (Phi) is 2.57. The first-order valence-electron chi connectivity index (χ1n) is 2.89. The topological polar surface area (TPSA) is 34.1 Å². The fraction of sp³-hybridized carbons (Fsp3) is 0.333. The van der Waals surface area contributed by atoms with E-state index in [0.717, 1.165) is 4.88 Å². The van der Waals surface area contributed by atoms with Crippen LogP contribution in [-0.2, 0) is 15.7 Å². The van der Waals surface area contributed by atoms with E-state index in [9.17, 15) is 8.42 Å². The summed E-state index contributed by atoms with van der Waals surface area (Å²) in [7, 11) is -3.03. The Bertz CT molecular complexity index is 339. The minimum atomic E-state index is -3.03. The van der Waals surface area contributed by atoms with Crippen molar-refractivity contribution in [2.75, 3.05) is 6.26 Å². The minimum absolute atomic E-state index is 0.375. The van der Waals surface area contributed by atoms with Crippen molar-refractivity contribution in [2.24, 2.45) is 0 Å². The number of rotatable bonds is 2. The van der Waals surface area contributed by atoms with Crippen LogP contribution in [-0.4, -0.2) is 14.7 Å². The van der Waals surface area contributed by atoms with Gasteiger partial charge in [-0.2, -0.15) is 0 Å². The fourth-order valence-electron chi connectivity index (χ4n) is 0.629. The molecule has 1 aromatic rings. The maximum absolute atomic E-state index is 10.9. The number of thiophene rings is 1. The summed E-state index contributed by atoms with van der Waals surface area (Å²) < 4.78 is 22.2. The number of hydrogen-bond acceptors (Lipinski definition) is 3. The van der Waals surface area contributed by atoms with Crippen LogP contribution in [0, 0.1) is 0 Å². The Balaban J connectivity index is 3.09. The Morgan fingerprint density at radius 3 is 2.45 bits per heavy atom. The lowest BCUT2D eigenvalue weighted by Gasteiger charge is -1.88. The van der Waals surface area contributed by atoms with Gasteiger partial charge in [-0.3, -0.25) is 0 Å². The van der Waals surface area contributed by atoms with Crippen molar-refractivity contribution in [3.63, 3.8) is 0 Å². The van der Waals surface area contributed by atoms with E-state index in [0.29, 0.717) is 10.1 Å². The molecule has 0 saturated heterocycles. The monoisotopic (exact) mass is 210 g/mol. The first kappa shape index (κ1) is 9.03. The SMILES string of the molecule is CS(=O)(=O)c1ccc(CCl)s1. The predicted octanol–water partition coefficient (Wildman–Crippen LogP) is 1.89. The number of hydrogen-bond donors (Lipinski definition) is 0. The van der Waals surface area contributed by atoms with Crippen LogP contribution in [0.15, 0.2) is 16.3 Å². The molecule has 0 unspecified atom stereocenters. The molecule has 0 amide bonds. The molecule has 0 atom stereocenters. The zero-order valence-corrected chi connectivity index (χ0v) is 8.26. The zero-order valence-electron chi connectivity index (χ0n) is 5.87. The second-order valence-electron chi connectivity index (χ2n) is 2.13. The quantitative estimate of drug-likeness (QED) is 0.699. The molecule has 0 N–H and O–H groups in total. The predicted molar refractivity (Wildman–Crippen MR) is 47.0 cm³/mol. The highest BCUT2D eigenvalue weighted by Gasteiger charge is 2.09. The summed E-state index contributed by atoms with van der Waals surface area (Å²) in [5.41, 5.74) is 0. The van der Waals surface area contributed by atoms with Gasteiger partial charge >= 0.3 is 0 Å². The van der Waals surface area contributed by atoms with Gasteiger partial charge in [-0.05, 0) is 12.1 Å². The molecule has 0 fully saturated rings. The highest BCUT2D eigenvalue weighted by atomic mass is 35.5. The van der Waals surface area contributed by atoms with Gasteiger partial charge in [0.15, 0.2) is 9.84 Å². The molecule has 11 heavy (non-hydrogen) atoms. The van der Waals surface area contributed by atoms with Crippen LogP contribution in [0.5, 0.6) is 0 Å². The first-order chi connectivity index (χ1) is 5.04. The van der Waals surface area contributed by atoms with Crippen molar-refractivity contribution in [3.05, 3.63) is 17.0 Å². The molecule has 62 valence electrons. The third-order valence-corrected chi connectivity index (χ3v) is 4.49. The molecule has 0 aliphatic carbocycles. The molecule has 1 rings (SSSR count). The van der Waals surface area contributed by atoms with Crippen LogP contribution in [0.3, 0.4) is 0 Å². The van der Waals surface area contributed by atoms with Gasteiger partial charge in [0.2, 0.25) is 0 Å². The van der Waals surface area contributed by atoms with Crippen LogP contribution in [0.1, 0.15) is 4.88 Å². The zero-order chi connectivity index (χ0) is 8.48. The second-order valence-corrected chi connectivity index (χ2v) is 5.80. The van der Waals surface area contributed by atoms with Crippen LogP contribution in [0.4, 0.5) is 0 Å². The summed E-state index contributed by atoms with van der Waals surface area (Å²) in [5, 5.41) is 0. The van der Waals surface area contributed by atoms with Crippen molar-refractivity contribution < 1.29 is 8.42 Å². The summed E-state index contributed by atoms with van der Waals surface area (Å²) >= 11 is 6.73. The lowest BCUT2D eigenvalue weighted by Crippen LogP contribution is -1.91. The Labute approximate surface area is 74.7 Å². The molecule has 1 heterocycles. The minimum Gasteiger partial charge on any atom is -0.223 e. The van der Waals surface area contributed by atoms with Crippen molar-refractivity contribution in [2.45, 2.75) is 10.1 Å². The van der Waals surface area contributed by atoms with E-state index < -0.39 is 9.84 Å². The molecular weight excluding hydrogens is 204 g/mol. The molecule has 0 radical (unpaired) electrons. The Hall–Kier alpha value is -0.0600. The van der Waals surface area contributed by atoms with Crippen molar-refractivity contribution in [1.82, 2.24) is 0 Å². The standard InChI is InChI=1S/C6H7ClO2S2/c1-11(8,9)6-3-2-5(4-7)10-6/h2-3H,4H2,1H3. The van der Waals surface area contributed by atoms with Gasteiger partial charge < -0.3 is 0 Å². The van der Waals surface area contributed by atoms with Crippen molar-refractivity contribution >= 4 is 32.8 Å². The lowest BCUT2D eigenvalue weighted by atomic mass is 10.5. The second kappa shape index (κ2) is 3.13. The van der Waals surface area contributed by atoms with Gasteiger partial charge in [0.1, 0.15) is 4.21 Å². The van der Waals surface area contributed by atoms with Crippen LogP contribution < -0.4 is 0 Å². The molecule has 5 heteroatoms. The van der Waals surface area contributed by atoms with Crippen LogP contribution >= 0.6 is 22.9 Å². The average Bonchev–Trinajstić information content (AvgIpc) is 2.32. The van der Waals surface area contributed by atoms with Gasteiger partial charge in [0.25, 0.3) is 0 Å². The summed E-state index contributed by atoms with van der Waals surface area (Å²) in [6, 6.07) is 3.31. The normalized spacial score (nSPS) is 11.8. The molecule has 0 aliphatic heterocycles. The highest BCUT2D eigenvalue weighted by Crippen LogP contribution is 2.22. The van der Waals surface area contributed by atoms with E-state index in [4.69, 9.17) is 11.6 Å². The highest BCUT2D eigenvalue weighted by molar-refractivity contribution is 7.92. The molecule has 0 aliphatic rings. The molecule has 2 nitrogen and oxygen atoms in total. The van der Waals surface area contributed by atoms with Crippen molar-refractivity contribution in [3.8, 4) is 0 Å². The van der Waals surface area contributed by atoms with E-state index in [1.807, 2.05) is 0 Å². The smallest absolute Gasteiger partial charge is 0.184 e. The van der Waals surface area contributed by atoms with Gasteiger partial charge in [-0.15, -0.1) is 22.9 Å². The summed E-state index contributed by atoms with van der Waals surface area (Å²) in [6.45, 7) is 0. The number of halogens is 1. The third kappa shape index (κ3) is 2.18.